The maximum atomic E-state index is 5.45. The van der Waals surface area contributed by atoms with Crippen molar-refractivity contribution in [3.8, 4) is 5.75 Å². The number of aryl methyl sites for hydroxylation is 1. The van der Waals surface area contributed by atoms with Crippen LogP contribution in [0.1, 0.15) is 22.4 Å². The Bertz CT molecular complexity index is 596. The lowest BCUT2D eigenvalue weighted by molar-refractivity contribution is 0.407. The van der Waals surface area contributed by atoms with E-state index in [2.05, 4.69) is 41.5 Å². The van der Waals surface area contributed by atoms with Gasteiger partial charge in [-0.25, -0.2) is 0 Å². The number of pyridine rings is 1. The van der Waals surface area contributed by atoms with Crippen molar-refractivity contribution >= 4 is 11.8 Å². The number of rotatable bonds is 6. The Labute approximate surface area is 131 Å². The smallest absolute Gasteiger partial charge is 0.128 e. The number of hydrogen-bond donors (Lipinski definition) is 1. The van der Waals surface area contributed by atoms with E-state index in [-0.39, 0.29) is 0 Å². The summed E-state index contributed by atoms with van der Waals surface area (Å²) in [6, 6.07) is 8.65. The van der Waals surface area contributed by atoms with Gasteiger partial charge in [-0.2, -0.15) is 0 Å². The molecule has 112 valence electrons. The molecule has 0 bridgehead atoms. The first kappa shape index (κ1) is 15.9. The van der Waals surface area contributed by atoms with Crippen LogP contribution in [0.2, 0.25) is 0 Å². The predicted octanol–water partition coefficient (Wildman–Crippen LogP) is 3.72. The molecule has 1 aromatic carbocycles. The SMILES string of the molecule is CNCc1ccc(SCc2ncc(C)c(OC)c2C)cc1. The largest absolute Gasteiger partial charge is 0.496 e. The summed E-state index contributed by atoms with van der Waals surface area (Å²) in [7, 11) is 3.68. The van der Waals surface area contributed by atoms with E-state index in [0.29, 0.717) is 0 Å². The Hall–Kier alpha value is -1.52. The molecule has 0 radical (unpaired) electrons. The molecule has 0 fully saturated rings. The van der Waals surface area contributed by atoms with E-state index < -0.39 is 0 Å². The van der Waals surface area contributed by atoms with Gasteiger partial charge in [0.25, 0.3) is 0 Å². The average molecular weight is 302 g/mol. The van der Waals surface area contributed by atoms with Gasteiger partial charge in [0.05, 0.1) is 12.8 Å². The molecule has 1 N–H and O–H groups in total. The summed E-state index contributed by atoms with van der Waals surface area (Å²) in [5.74, 6) is 1.80. The molecular formula is C17H22N2OS. The topological polar surface area (TPSA) is 34.2 Å². The number of ether oxygens (including phenoxy) is 1. The normalized spacial score (nSPS) is 10.7. The molecule has 0 spiro atoms. The van der Waals surface area contributed by atoms with E-state index in [0.717, 1.165) is 34.9 Å². The van der Waals surface area contributed by atoms with Crippen LogP contribution < -0.4 is 10.1 Å². The number of methoxy groups -OCH3 is 1. The molecule has 0 saturated heterocycles. The summed E-state index contributed by atoms with van der Waals surface area (Å²) in [5, 5.41) is 3.16. The minimum atomic E-state index is 0.855. The summed E-state index contributed by atoms with van der Waals surface area (Å²) in [5.41, 5.74) is 4.60. The second kappa shape index (κ2) is 7.48. The molecule has 0 atom stereocenters. The molecule has 0 aliphatic carbocycles. The van der Waals surface area contributed by atoms with Crippen LogP contribution in [-0.4, -0.2) is 19.1 Å². The van der Waals surface area contributed by atoms with Crippen molar-refractivity contribution < 1.29 is 4.74 Å². The van der Waals surface area contributed by atoms with Crippen LogP contribution in [-0.2, 0) is 12.3 Å². The monoisotopic (exact) mass is 302 g/mol. The molecule has 21 heavy (non-hydrogen) atoms. The molecule has 2 aromatic rings. The number of aromatic nitrogens is 1. The third-order valence-corrected chi connectivity index (χ3v) is 4.45. The van der Waals surface area contributed by atoms with Crippen LogP contribution in [0.15, 0.2) is 35.4 Å². The van der Waals surface area contributed by atoms with Crippen molar-refractivity contribution in [1.82, 2.24) is 10.3 Å². The molecule has 0 saturated carbocycles. The van der Waals surface area contributed by atoms with E-state index in [4.69, 9.17) is 4.74 Å². The Morgan fingerprint density at radius 3 is 2.52 bits per heavy atom. The average Bonchev–Trinajstić information content (AvgIpc) is 2.49. The first-order valence-corrected chi connectivity index (χ1v) is 7.99. The zero-order valence-electron chi connectivity index (χ0n) is 13.1. The van der Waals surface area contributed by atoms with Crippen molar-refractivity contribution in [1.29, 1.82) is 0 Å². The number of nitrogens with zero attached hydrogens (tertiary/aromatic N) is 1. The van der Waals surface area contributed by atoms with Gasteiger partial charge in [0.2, 0.25) is 0 Å². The van der Waals surface area contributed by atoms with Crippen molar-refractivity contribution in [3.63, 3.8) is 0 Å². The molecule has 0 unspecified atom stereocenters. The standard InChI is InChI=1S/C17H22N2OS/c1-12-9-19-16(13(2)17(12)20-4)11-21-15-7-5-14(6-8-15)10-18-3/h5-9,18H,10-11H2,1-4H3. The van der Waals surface area contributed by atoms with Crippen molar-refractivity contribution in [2.45, 2.75) is 31.0 Å². The van der Waals surface area contributed by atoms with Gasteiger partial charge in [-0.1, -0.05) is 12.1 Å². The molecule has 4 heteroatoms. The highest BCUT2D eigenvalue weighted by atomic mass is 32.2. The van der Waals surface area contributed by atoms with Crippen LogP contribution in [0.25, 0.3) is 0 Å². The Balaban J connectivity index is 2.06. The summed E-state index contributed by atoms with van der Waals surface area (Å²) >= 11 is 1.80. The quantitative estimate of drug-likeness (QED) is 0.825. The highest BCUT2D eigenvalue weighted by Crippen LogP contribution is 2.29. The van der Waals surface area contributed by atoms with Crippen LogP contribution in [0.5, 0.6) is 5.75 Å². The van der Waals surface area contributed by atoms with Crippen LogP contribution in [0.3, 0.4) is 0 Å². The van der Waals surface area contributed by atoms with Crippen LogP contribution >= 0.6 is 11.8 Å². The van der Waals surface area contributed by atoms with Gasteiger partial charge in [0.15, 0.2) is 0 Å². The molecule has 1 aromatic heterocycles. The van der Waals surface area contributed by atoms with E-state index in [1.165, 1.54) is 10.5 Å². The zero-order chi connectivity index (χ0) is 15.2. The van der Waals surface area contributed by atoms with Crippen molar-refractivity contribution in [2.24, 2.45) is 0 Å². The maximum Gasteiger partial charge on any atom is 0.128 e. The van der Waals surface area contributed by atoms with E-state index in [1.807, 2.05) is 20.2 Å². The second-order valence-electron chi connectivity index (χ2n) is 5.01. The van der Waals surface area contributed by atoms with Crippen LogP contribution in [0.4, 0.5) is 0 Å². The van der Waals surface area contributed by atoms with Crippen molar-refractivity contribution in [2.75, 3.05) is 14.2 Å². The molecule has 1 heterocycles. The molecule has 0 amide bonds. The Morgan fingerprint density at radius 2 is 1.90 bits per heavy atom. The van der Waals surface area contributed by atoms with Gasteiger partial charge >= 0.3 is 0 Å². The number of thioether (sulfide) groups is 1. The lowest BCUT2D eigenvalue weighted by Crippen LogP contribution is -2.04. The summed E-state index contributed by atoms with van der Waals surface area (Å²) in [4.78, 5) is 5.80. The fourth-order valence-electron chi connectivity index (χ4n) is 2.28. The van der Waals surface area contributed by atoms with Crippen LogP contribution in [0, 0.1) is 13.8 Å². The lowest BCUT2D eigenvalue weighted by Gasteiger charge is -2.12. The van der Waals surface area contributed by atoms with Gasteiger partial charge < -0.3 is 10.1 Å². The summed E-state index contributed by atoms with van der Waals surface area (Å²) < 4.78 is 5.45. The minimum absolute atomic E-state index is 0.855. The predicted molar refractivity (Wildman–Crippen MR) is 89.0 cm³/mol. The minimum Gasteiger partial charge on any atom is -0.496 e. The van der Waals surface area contributed by atoms with E-state index in [9.17, 15) is 0 Å². The number of benzene rings is 1. The second-order valence-corrected chi connectivity index (χ2v) is 6.06. The molecule has 2 rings (SSSR count). The van der Waals surface area contributed by atoms with E-state index in [1.54, 1.807) is 18.9 Å². The van der Waals surface area contributed by atoms with Gasteiger partial charge in [-0.3, -0.25) is 4.98 Å². The highest BCUT2D eigenvalue weighted by Gasteiger charge is 2.09. The third kappa shape index (κ3) is 3.99. The molecule has 0 aliphatic rings. The fraction of sp³-hybridized carbons (Fsp3) is 0.353. The van der Waals surface area contributed by atoms with Gasteiger partial charge in [-0.15, -0.1) is 11.8 Å². The van der Waals surface area contributed by atoms with Gasteiger partial charge in [-0.05, 0) is 38.6 Å². The summed E-state index contributed by atoms with van der Waals surface area (Å²) in [6.07, 6.45) is 1.89. The van der Waals surface area contributed by atoms with Crippen molar-refractivity contribution in [3.05, 3.63) is 52.8 Å². The first-order chi connectivity index (χ1) is 10.2. The zero-order valence-corrected chi connectivity index (χ0v) is 13.9. The first-order valence-electron chi connectivity index (χ1n) is 7.01. The number of hydrogen-bond acceptors (Lipinski definition) is 4. The highest BCUT2D eigenvalue weighted by molar-refractivity contribution is 7.98. The maximum absolute atomic E-state index is 5.45. The third-order valence-electron chi connectivity index (χ3n) is 3.43. The lowest BCUT2D eigenvalue weighted by atomic mass is 10.1. The number of nitrogens with one attached hydrogen (secondary N) is 1. The molecule has 0 aliphatic heterocycles. The van der Waals surface area contributed by atoms with Gasteiger partial charge in [0.1, 0.15) is 5.75 Å². The molecule has 3 nitrogen and oxygen atoms in total. The Kier molecular flexibility index (Phi) is 5.65. The fourth-order valence-corrected chi connectivity index (χ4v) is 3.20. The molecular weight excluding hydrogens is 280 g/mol. The van der Waals surface area contributed by atoms with E-state index >= 15 is 0 Å². The summed E-state index contributed by atoms with van der Waals surface area (Å²) in [6.45, 7) is 5.00. The van der Waals surface area contributed by atoms with Gasteiger partial charge in [0, 0.05) is 34.5 Å². The Morgan fingerprint density at radius 1 is 1.19 bits per heavy atom.